The molecule has 0 heterocycles. The highest BCUT2D eigenvalue weighted by molar-refractivity contribution is 5.74. The Morgan fingerprint density at radius 1 is 0.960 bits per heavy atom. The number of nitrogens with zero attached hydrogens (tertiary/aromatic N) is 1. The van der Waals surface area contributed by atoms with Crippen LogP contribution >= 0.6 is 0 Å². The zero-order chi connectivity index (χ0) is 18.5. The second-order valence-electron chi connectivity index (χ2n) is 5.71. The van der Waals surface area contributed by atoms with Crippen molar-refractivity contribution < 1.29 is 24.0 Å². The summed E-state index contributed by atoms with van der Waals surface area (Å²) in [6.45, 7) is 2.57. The number of hydrogen-bond acceptors (Lipinski definition) is 6. The lowest BCUT2D eigenvalue weighted by Gasteiger charge is -2.05. The topological polar surface area (TPSA) is 95.7 Å². The van der Waals surface area contributed by atoms with E-state index in [9.17, 15) is 19.7 Å². The molecule has 0 aromatic heterocycles. The second kappa shape index (κ2) is 12.0. The van der Waals surface area contributed by atoms with Gasteiger partial charge in [0.15, 0.2) is 0 Å². The van der Waals surface area contributed by atoms with Crippen molar-refractivity contribution in [3.63, 3.8) is 0 Å². The summed E-state index contributed by atoms with van der Waals surface area (Å²) in [7, 11) is 0. The molecule has 1 rings (SSSR count). The standard InChI is InChI=1S/C18H25NO6/c1-2-3-4-5-6-14-24-17(20)8-7-9-18(21)25-16-12-10-15(11-13-16)19(22)23/h10-13H,2-9,14H2,1H3. The Kier molecular flexibility index (Phi) is 9.89. The number of benzene rings is 1. The van der Waals surface area contributed by atoms with E-state index in [0.717, 1.165) is 19.3 Å². The Balaban J connectivity index is 2.13. The first-order valence-electron chi connectivity index (χ1n) is 8.63. The van der Waals surface area contributed by atoms with E-state index in [1.807, 2.05) is 0 Å². The van der Waals surface area contributed by atoms with E-state index < -0.39 is 10.9 Å². The third-order valence-electron chi connectivity index (χ3n) is 3.55. The maximum atomic E-state index is 11.7. The molecule has 0 N–H and O–H groups in total. The average molecular weight is 351 g/mol. The molecule has 0 fully saturated rings. The monoisotopic (exact) mass is 351 g/mol. The van der Waals surface area contributed by atoms with Crippen LogP contribution in [0.3, 0.4) is 0 Å². The summed E-state index contributed by atoms with van der Waals surface area (Å²) in [5, 5.41) is 10.5. The summed E-state index contributed by atoms with van der Waals surface area (Å²) in [5.74, 6) is -0.551. The van der Waals surface area contributed by atoms with E-state index in [1.165, 1.54) is 37.1 Å². The summed E-state index contributed by atoms with van der Waals surface area (Å²) in [5.41, 5.74) is -0.0720. The van der Waals surface area contributed by atoms with Crippen LogP contribution in [0.25, 0.3) is 0 Å². The van der Waals surface area contributed by atoms with E-state index in [1.54, 1.807) is 0 Å². The highest BCUT2D eigenvalue weighted by Gasteiger charge is 2.10. The van der Waals surface area contributed by atoms with Crippen LogP contribution in [0.4, 0.5) is 5.69 Å². The number of rotatable bonds is 12. The molecule has 0 saturated carbocycles. The molecule has 1 aromatic rings. The Hall–Kier alpha value is -2.44. The lowest BCUT2D eigenvalue weighted by Crippen LogP contribution is -2.10. The highest BCUT2D eigenvalue weighted by Crippen LogP contribution is 2.18. The number of nitro groups is 1. The Labute approximate surface area is 147 Å². The first-order chi connectivity index (χ1) is 12.0. The first kappa shape index (κ1) is 20.6. The number of carbonyl (C=O) groups excluding carboxylic acids is 2. The van der Waals surface area contributed by atoms with E-state index >= 15 is 0 Å². The molecule has 0 bridgehead atoms. The fourth-order valence-corrected chi connectivity index (χ4v) is 2.16. The molecule has 0 atom stereocenters. The van der Waals surface area contributed by atoms with Crippen molar-refractivity contribution in [1.29, 1.82) is 0 Å². The van der Waals surface area contributed by atoms with E-state index in [2.05, 4.69) is 6.92 Å². The Morgan fingerprint density at radius 2 is 1.60 bits per heavy atom. The van der Waals surface area contributed by atoms with Gasteiger partial charge in [0.05, 0.1) is 11.5 Å². The minimum atomic E-state index is -0.527. The third kappa shape index (κ3) is 9.44. The highest BCUT2D eigenvalue weighted by atomic mass is 16.6. The van der Waals surface area contributed by atoms with Crippen LogP contribution < -0.4 is 4.74 Å². The van der Waals surface area contributed by atoms with E-state index in [-0.39, 0.29) is 30.2 Å². The van der Waals surface area contributed by atoms with Crippen molar-refractivity contribution in [1.82, 2.24) is 0 Å². The fraction of sp³-hybridized carbons (Fsp3) is 0.556. The molecule has 0 aliphatic rings. The number of ether oxygens (including phenoxy) is 2. The minimum Gasteiger partial charge on any atom is -0.466 e. The number of carbonyl (C=O) groups is 2. The molecule has 0 radical (unpaired) electrons. The van der Waals surface area contributed by atoms with Gasteiger partial charge < -0.3 is 9.47 Å². The molecule has 0 spiro atoms. The number of nitro benzene ring substituents is 1. The van der Waals surface area contributed by atoms with Crippen molar-refractivity contribution in [2.24, 2.45) is 0 Å². The summed E-state index contributed by atoms with van der Waals surface area (Å²) in [4.78, 5) is 33.2. The van der Waals surface area contributed by atoms with Gasteiger partial charge in [-0.05, 0) is 25.0 Å². The normalized spacial score (nSPS) is 10.3. The fourth-order valence-electron chi connectivity index (χ4n) is 2.16. The molecule has 0 amide bonds. The molecule has 7 nitrogen and oxygen atoms in total. The van der Waals surface area contributed by atoms with Gasteiger partial charge in [-0.25, -0.2) is 0 Å². The van der Waals surface area contributed by atoms with Gasteiger partial charge in [0.1, 0.15) is 5.75 Å². The Bertz CT molecular complexity index is 555. The van der Waals surface area contributed by atoms with Crippen LogP contribution in [0.5, 0.6) is 5.75 Å². The van der Waals surface area contributed by atoms with Crippen LogP contribution in [0.15, 0.2) is 24.3 Å². The molecule has 0 unspecified atom stereocenters. The van der Waals surface area contributed by atoms with Gasteiger partial charge in [-0.1, -0.05) is 32.6 Å². The minimum absolute atomic E-state index is 0.0720. The molecule has 25 heavy (non-hydrogen) atoms. The van der Waals surface area contributed by atoms with E-state index in [0.29, 0.717) is 13.0 Å². The predicted molar refractivity (Wildman–Crippen MR) is 92.3 cm³/mol. The predicted octanol–water partition coefficient (Wildman–Crippen LogP) is 4.18. The van der Waals surface area contributed by atoms with Gasteiger partial charge in [-0.15, -0.1) is 0 Å². The molecule has 0 aliphatic heterocycles. The van der Waals surface area contributed by atoms with Gasteiger partial charge in [0.25, 0.3) is 5.69 Å². The second-order valence-corrected chi connectivity index (χ2v) is 5.71. The van der Waals surface area contributed by atoms with Crippen molar-refractivity contribution in [3.8, 4) is 5.75 Å². The van der Waals surface area contributed by atoms with Crippen LogP contribution in [0.2, 0.25) is 0 Å². The van der Waals surface area contributed by atoms with Crippen molar-refractivity contribution in [2.45, 2.75) is 58.3 Å². The van der Waals surface area contributed by atoms with Crippen molar-refractivity contribution >= 4 is 17.6 Å². The van der Waals surface area contributed by atoms with Crippen LogP contribution in [-0.2, 0) is 14.3 Å². The largest absolute Gasteiger partial charge is 0.466 e. The lowest BCUT2D eigenvalue weighted by molar-refractivity contribution is -0.384. The number of unbranched alkanes of at least 4 members (excludes halogenated alkanes) is 4. The summed E-state index contributed by atoms with van der Waals surface area (Å²) >= 11 is 0. The lowest BCUT2D eigenvalue weighted by atomic mass is 10.2. The first-order valence-corrected chi connectivity index (χ1v) is 8.63. The van der Waals surface area contributed by atoms with Crippen molar-refractivity contribution in [2.75, 3.05) is 6.61 Å². The zero-order valence-electron chi connectivity index (χ0n) is 14.6. The molecule has 1 aromatic carbocycles. The molecular weight excluding hydrogens is 326 g/mol. The van der Waals surface area contributed by atoms with Gasteiger partial charge in [0.2, 0.25) is 0 Å². The maximum Gasteiger partial charge on any atom is 0.311 e. The van der Waals surface area contributed by atoms with Crippen molar-refractivity contribution in [3.05, 3.63) is 34.4 Å². The maximum absolute atomic E-state index is 11.7. The summed E-state index contributed by atoms with van der Waals surface area (Å²) < 4.78 is 10.2. The summed E-state index contributed by atoms with van der Waals surface area (Å²) in [6, 6.07) is 5.26. The van der Waals surface area contributed by atoms with Gasteiger partial charge >= 0.3 is 11.9 Å². The Morgan fingerprint density at radius 3 is 2.24 bits per heavy atom. The number of non-ortho nitro benzene ring substituents is 1. The smallest absolute Gasteiger partial charge is 0.311 e. The van der Waals surface area contributed by atoms with Gasteiger partial charge in [0, 0.05) is 25.0 Å². The van der Waals surface area contributed by atoms with E-state index in [4.69, 9.17) is 9.47 Å². The molecule has 0 aliphatic carbocycles. The zero-order valence-corrected chi connectivity index (χ0v) is 14.6. The number of hydrogen-bond donors (Lipinski definition) is 0. The summed E-state index contributed by atoms with van der Waals surface area (Å²) in [6.07, 6.45) is 6.06. The van der Waals surface area contributed by atoms with Crippen LogP contribution in [-0.4, -0.2) is 23.5 Å². The number of esters is 2. The molecule has 0 saturated heterocycles. The molecular formula is C18H25NO6. The molecule has 138 valence electrons. The van der Waals surface area contributed by atoms with Crippen LogP contribution in [0.1, 0.15) is 58.3 Å². The molecule has 7 heteroatoms. The SMILES string of the molecule is CCCCCCCOC(=O)CCCC(=O)Oc1ccc([N+](=O)[O-])cc1. The quantitative estimate of drug-likeness (QED) is 0.184. The van der Waals surface area contributed by atoms with Gasteiger partial charge in [-0.2, -0.15) is 0 Å². The van der Waals surface area contributed by atoms with Crippen LogP contribution in [0, 0.1) is 10.1 Å². The van der Waals surface area contributed by atoms with Gasteiger partial charge in [-0.3, -0.25) is 19.7 Å². The average Bonchev–Trinajstić information content (AvgIpc) is 2.58. The third-order valence-corrected chi connectivity index (χ3v) is 3.55.